The molecule has 2 fully saturated rings. The van der Waals surface area contributed by atoms with Gasteiger partial charge in [-0.15, -0.1) is 11.6 Å². The Bertz CT molecular complexity index is 408. The monoisotopic (exact) mass is 265 g/mol. The van der Waals surface area contributed by atoms with E-state index >= 15 is 0 Å². The van der Waals surface area contributed by atoms with Crippen molar-refractivity contribution in [3.8, 4) is 0 Å². The maximum atomic E-state index is 5.85. The number of hydrogen-bond donors (Lipinski definition) is 0. The summed E-state index contributed by atoms with van der Waals surface area (Å²) in [4.78, 5) is 11.4. The van der Waals surface area contributed by atoms with E-state index in [0.717, 1.165) is 24.0 Å². The minimum atomic E-state index is 0.447. The van der Waals surface area contributed by atoms with Gasteiger partial charge in [0.15, 0.2) is 0 Å². The summed E-state index contributed by atoms with van der Waals surface area (Å²) in [6, 6.07) is 0.687. The highest BCUT2D eigenvalue weighted by Crippen LogP contribution is 2.36. The van der Waals surface area contributed by atoms with Crippen LogP contribution in [0, 0.1) is 5.92 Å². The van der Waals surface area contributed by atoms with Crippen molar-refractivity contribution < 1.29 is 0 Å². The Balaban J connectivity index is 1.84. The lowest BCUT2D eigenvalue weighted by molar-refractivity contribution is 0.242. The molecule has 0 bridgehead atoms. The molecule has 4 heteroatoms. The molecule has 1 saturated heterocycles. The van der Waals surface area contributed by atoms with Crippen molar-refractivity contribution in [1.29, 1.82) is 0 Å². The zero-order chi connectivity index (χ0) is 12.4. The summed E-state index contributed by atoms with van der Waals surface area (Å²) >= 11 is 5.85. The molecule has 2 aliphatic rings. The second-order valence-electron chi connectivity index (χ2n) is 5.45. The fraction of sp³-hybridized carbons (Fsp3) is 0.714. The average Bonchev–Trinajstić information content (AvgIpc) is 2.47. The molecule has 3 nitrogen and oxygen atoms in total. The first-order valence-corrected chi connectivity index (χ1v) is 7.55. The highest BCUT2D eigenvalue weighted by atomic mass is 35.5. The second-order valence-corrected chi connectivity index (χ2v) is 5.72. The number of piperidine rings is 1. The van der Waals surface area contributed by atoms with Gasteiger partial charge < -0.3 is 4.90 Å². The maximum Gasteiger partial charge on any atom is 0.147 e. The van der Waals surface area contributed by atoms with Crippen molar-refractivity contribution >= 4 is 17.4 Å². The summed E-state index contributed by atoms with van der Waals surface area (Å²) in [6.45, 7) is 1.13. The Morgan fingerprint density at radius 1 is 1.17 bits per heavy atom. The number of halogens is 1. The van der Waals surface area contributed by atoms with Crippen molar-refractivity contribution in [2.75, 3.05) is 11.4 Å². The molecule has 0 spiro atoms. The molecular formula is C14H20ClN3. The molecule has 0 aromatic carbocycles. The summed E-state index contributed by atoms with van der Waals surface area (Å²) in [7, 11) is 0. The summed E-state index contributed by atoms with van der Waals surface area (Å²) < 4.78 is 0. The predicted molar refractivity (Wildman–Crippen MR) is 73.9 cm³/mol. The topological polar surface area (TPSA) is 29.0 Å². The SMILES string of the molecule is ClCc1cncc(N2CCC[C@H]3CCCC[C@H]32)n1. The third-order valence-corrected chi connectivity index (χ3v) is 4.62. The Morgan fingerprint density at radius 3 is 2.89 bits per heavy atom. The van der Waals surface area contributed by atoms with Gasteiger partial charge in [-0.1, -0.05) is 12.8 Å². The first-order chi connectivity index (χ1) is 8.88. The van der Waals surface area contributed by atoms with Gasteiger partial charge in [0.1, 0.15) is 5.82 Å². The number of nitrogens with zero attached hydrogens (tertiary/aromatic N) is 3. The van der Waals surface area contributed by atoms with Crippen LogP contribution in [0.25, 0.3) is 0 Å². The first kappa shape index (κ1) is 12.2. The van der Waals surface area contributed by atoms with Gasteiger partial charge in [-0.25, -0.2) is 4.98 Å². The highest BCUT2D eigenvalue weighted by molar-refractivity contribution is 6.16. The smallest absolute Gasteiger partial charge is 0.147 e. The van der Waals surface area contributed by atoms with Crippen LogP contribution in [0.2, 0.25) is 0 Å². The summed E-state index contributed by atoms with van der Waals surface area (Å²) in [5, 5.41) is 0. The second kappa shape index (κ2) is 5.43. The van der Waals surface area contributed by atoms with E-state index in [1.165, 1.54) is 38.5 Å². The third-order valence-electron chi connectivity index (χ3n) is 4.35. The van der Waals surface area contributed by atoms with Gasteiger partial charge in [0, 0.05) is 18.8 Å². The molecule has 0 unspecified atom stereocenters. The number of rotatable bonds is 2. The van der Waals surface area contributed by atoms with Crippen LogP contribution in [0.3, 0.4) is 0 Å². The van der Waals surface area contributed by atoms with Crippen molar-refractivity contribution in [3.63, 3.8) is 0 Å². The Kier molecular flexibility index (Phi) is 3.69. The standard InChI is InChI=1S/C14H20ClN3/c15-8-12-9-16-10-14(17-12)18-7-3-5-11-4-1-2-6-13(11)18/h9-11,13H,1-8H2/t11-,13-/m1/s1. The van der Waals surface area contributed by atoms with E-state index in [0.29, 0.717) is 11.9 Å². The Morgan fingerprint density at radius 2 is 2.00 bits per heavy atom. The fourth-order valence-electron chi connectivity index (χ4n) is 3.51. The minimum Gasteiger partial charge on any atom is -0.352 e. The van der Waals surface area contributed by atoms with Gasteiger partial charge in [-0.05, 0) is 31.6 Å². The van der Waals surface area contributed by atoms with Crippen molar-refractivity contribution in [2.24, 2.45) is 5.92 Å². The molecule has 2 heterocycles. The van der Waals surface area contributed by atoms with Crippen molar-refractivity contribution in [1.82, 2.24) is 9.97 Å². The van der Waals surface area contributed by atoms with Crippen LogP contribution >= 0.6 is 11.6 Å². The molecule has 0 amide bonds. The van der Waals surface area contributed by atoms with Gasteiger partial charge in [0.05, 0.1) is 17.8 Å². The van der Waals surface area contributed by atoms with E-state index < -0.39 is 0 Å². The molecule has 1 aliphatic heterocycles. The number of anilines is 1. The molecule has 2 atom stereocenters. The van der Waals surface area contributed by atoms with Gasteiger partial charge in [0.25, 0.3) is 0 Å². The molecule has 1 aromatic rings. The van der Waals surface area contributed by atoms with Crippen LogP contribution in [-0.2, 0) is 5.88 Å². The number of alkyl halides is 1. The molecule has 0 N–H and O–H groups in total. The van der Waals surface area contributed by atoms with E-state index in [1.807, 2.05) is 6.20 Å². The minimum absolute atomic E-state index is 0.447. The molecule has 1 aliphatic carbocycles. The third kappa shape index (κ3) is 2.33. The lowest BCUT2D eigenvalue weighted by atomic mass is 9.78. The quantitative estimate of drug-likeness (QED) is 0.768. The van der Waals surface area contributed by atoms with Gasteiger partial charge in [-0.2, -0.15) is 0 Å². The molecule has 18 heavy (non-hydrogen) atoms. The lowest BCUT2D eigenvalue weighted by Gasteiger charge is -2.44. The first-order valence-electron chi connectivity index (χ1n) is 7.02. The van der Waals surface area contributed by atoms with Crippen LogP contribution in [0.15, 0.2) is 12.4 Å². The van der Waals surface area contributed by atoms with Gasteiger partial charge in [0.2, 0.25) is 0 Å². The molecule has 0 radical (unpaired) electrons. The molecule has 98 valence electrons. The van der Waals surface area contributed by atoms with Crippen LogP contribution in [0.5, 0.6) is 0 Å². The summed E-state index contributed by atoms with van der Waals surface area (Å²) in [6.07, 6.45) is 11.8. The Labute approximate surface area is 114 Å². The molecule has 1 saturated carbocycles. The van der Waals surface area contributed by atoms with Gasteiger partial charge in [-0.3, -0.25) is 4.98 Å². The maximum absolute atomic E-state index is 5.85. The zero-order valence-corrected chi connectivity index (χ0v) is 11.4. The van der Waals surface area contributed by atoms with Gasteiger partial charge >= 0.3 is 0 Å². The van der Waals surface area contributed by atoms with Crippen LogP contribution < -0.4 is 4.90 Å². The van der Waals surface area contributed by atoms with E-state index in [1.54, 1.807) is 6.20 Å². The van der Waals surface area contributed by atoms with Crippen molar-refractivity contribution in [2.45, 2.75) is 50.4 Å². The number of fused-ring (bicyclic) bond motifs is 1. The summed E-state index contributed by atoms with van der Waals surface area (Å²) in [5.74, 6) is 2.35. The number of hydrogen-bond acceptors (Lipinski definition) is 3. The van der Waals surface area contributed by atoms with E-state index in [9.17, 15) is 0 Å². The highest BCUT2D eigenvalue weighted by Gasteiger charge is 2.33. The average molecular weight is 266 g/mol. The lowest BCUT2D eigenvalue weighted by Crippen LogP contribution is -2.47. The molecular weight excluding hydrogens is 246 g/mol. The van der Waals surface area contributed by atoms with E-state index in [-0.39, 0.29) is 0 Å². The van der Waals surface area contributed by atoms with E-state index in [2.05, 4.69) is 14.9 Å². The summed E-state index contributed by atoms with van der Waals surface area (Å²) in [5.41, 5.74) is 0.882. The van der Waals surface area contributed by atoms with Crippen LogP contribution in [0.4, 0.5) is 5.82 Å². The fourth-order valence-corrected chi connectivity index (χ4v) is 3.64. The largest absolute Gasteiger partial charge is 0.352 e. The predicted octanol–water partition coefficient (Wildman–Crippen LogP) is 3.37. The number of aromatic nitrogens is 2. The normalized spacial score (nSPS) is 27.9. The Hall–Kier alpha value is -0.830. The van der Waals surface area contributed by atoms with Crippen LogP contribution in [0.1, 0.15) is 44.2 Å². The zero-order valence-electron chi connectivity index (χ0n) is 10.7. The van der Waals surface area contributed by atoms with Crippen molar-refractivity contribution in [3.05, 3.63) is 18.1 Å². The van der Waals surface area contributed by atoms with Crippen LogP contribution in [-0.4, -0.2) is 22.6 Å². The molecule has 3 rings (SSSR count). The van der Waals surface area contributed by atoms with E-state index in [4.69, 9.17) is 11.6 Å². The molecule has 1 aromatic heterocycles.